The molecule has 7 heteroatoms. The molecule has 2 aliphatic heterocycles. The number of morpholine rings is 1. The van der Waals surface area contributed by atoms with Gasteiger partial charge in [0, 0.05) is 23.7 Å². The second kappa shape index (κ2) is 7.40. The van der Waals surface area contributed by atoms with E-state index in [1.54, 1.807) is 28.4 Å². The molecule has 27 heavy (non-hydrogen) atoms. The van der Waals surface area contributed by atoms with E-state index in [9.17, 15) is 14.0 Å². The molecule has 0 aliphatic carbocycles. The average Bonchev–Trinajstić information content (AvgIpc) is 3.18. The number of hydrogen-bond acceptors (Lipinski definition) is 4. The van der Waals surface area contributed by atoms with Crippen molar-refractivity contribution in [2.24, 2.45) is 0 Å². The topological polar surface area (TPSA) is 49.9 Å². The highest BCUT2D eigenvalue weighted by Crippen LogP contribution is 2.33. The zero-order chi connectivity index (χ0) is 18.9. The largest absolute Gasteiger partial charge is 0.363 e. The Morgan fingerprint density at radius 2 is 1.93 bits per heavy atom. The second-order valence-corrected chi connectivity index (χ2v) is 8.10. The van der Waals surface area contributed by atoms with Gasteiger partial charge in [-0.1, -0.05) is 6.07 Å². The fourth-order valence-corrected chi connectivity index (χ4v) is 4.41. The predicted octanol–water partition coefficient (Wildman–Crippen LogP) is 2.85. The van der Waals surface area contributed by atoms with Crippen LogP contribution in [-0.4, -0.2) is 48.6 Å². The van der Waals surface area contributed by atoms with Gasteiger partial charge < -0.3 is 14.5 Å². The summed E-state index contributed by atoms with van der Waals surface area (Å²) >= 11 is 1.59. The predicted molar refractivity (Wildman–Crippen MR) is 101 cm³/mol. The normalized spacial score (nSPS) is 19.5. The molecule has 142 valence electrons. The van der Waals surface area contributed by atoms with Gasteiger partial charge in [0.1, 0.15) is 12.4 Å². The third-order valence-electron chi connectivity index (χ3n) is 5.32. The van der Waals surface area contributed by atoms with Gasteiger partial charge in [0.2, 0.25) is 5.91 Å². The molecule has 0 unspecified atom stereocenters. The molecule has 2 amide bonds. The summed E-state index contributed by atoms with van der Waals surface area (Å²) in [6.07, 6.45) is 1.81. The summed E-state index contributed by atoms with van der Waals surface area (Å²) in [5.74, 6) is -0.315. The minimum absolute atomic E-state index is 0.0144. The van der Waals surface area contributed by atoms with Crippen LogP contribution >= 0.6 is 11.3 Å². The lowest BCUT2D eigenvalue weighted by molar-refractivity contribution is -0.150. The van der Waals surface area contributed by atoms with Crippen molar-refractivity contribution in [3.8, 4) is 0 Å². The number of thiophene rings is 1. The molecule has 3 heterocycles. The lowest BCUT2D eigenvalue weighted by Crippen LogP contribution is -2.59. The van der Waals surface area contributed by atoms with E-state index in [1.165, 1.54) is 12.1 Å². The first-order chi connectivity index (χ1) is 13.0. The molecule has 0 saturated carbocycles. The van der Waals surface area contributed by atoms with E-state index < -0.39 is 5.60 Å². The van der Waals surface area contributed by atoms with E-state index in [2.05, 4.69) is 0 Å². The highest BCUT2D eigenvalue weighted by Gasteiger charge is 2.43. The summed E-state index contributed by atoms with van der Waals surface area (Å²) in [6.45, 7) is 1.69. The monoisotopic (exact) mass is 388 g/mol. The van der Waals surface area contributed by atoms with Crippen molar-refractivity contribution in [2.75, 3.05) is 31.1 Å². The fourth-order valence-electron chi connectivity index (χ4n) is 3.71. The van der Waals surface area contributed by atoms with Crippen molar-refractivity contribution in [1.29, 1.82) is 0 Å². The van der Waals surface area contributed by atoms with E-state index in [0.717, 1.165) is 4.88 Å². The summed E-state index contributed by atoms with van der Waals surface area (Å²) in [4.78, 5) is 29.4. The molecular formula is C20H21FN2O3S. The number of piperidine rings is 1. The molecule has 5 nitrogen and oxygen atoms in total. The third kappa shape index (κ3) is 3.89. The van der Waals surface area contributed by atoms with Crippen LogP contribution in [0.5, 0.6) is 0 Å². The van der Waals surface area contributed by atoms with Gasteiger partial charge in [-0.2, -0.15) is 0 Å². The third-order valence-corrected chi connectivity index (χ3v) is 6.20. The fraction of sp³-hybridized carbons (Fsp3) is 0.400. The van der Waals surface area contributed by atoms with Crippen LogP contribution in [0.1, 0.15) is 17.7 Å². The van der Waals surface area contributed by atoms with Crippen LogP contribution in [0.25, 0.3) is 0 Å². The number of likely N-dealkylation sites (tertiary alicyclic amines) is 1. The molecule has 2 fully saturated rings. The summed E-state index contributed by atoms with van der Waals surface area (Å²) in [6, 6.07) is 9.88. The van der Waals surface area contributed by atoms with Crippen LogP contribution in [0.15, 0.2) is 41.8 Å². The maximum Gasteiger partial charge on any atom is 0.253 e. The van der Waals surface area contributed by atoms with Crippen molar-refractivity contribution in [2.45, 2.75) is 24.9 Å². The summed E-state index contributed by atoms with van der Waals surface area (Å²) < 4.78 is 19.1. The van der Waals surface area contributed by atoms with Crippen molar-refractivity contribution in [1.82, 2.24) is 4.90 Å². The van der Waals surface area contributed by atoms with Crippen LogP contribution in [0, 0.1) is 5.82 Å². The molecule has 2 saturated heterocycles. The Hall–Kier alpha value is -2.25. The molecular weight excluding hydrogens is 367 g/mol. The molecule has 2 aliphatic rings. The lowest BCUT2D eigenvalue weighted by Gasteiger charge is -2.47. The summed E-state index contributed by atoms with van der Waals surface area (Å²) in [7, 11) is 0. The number of ether oxygens (including phenoxy) is 1. The van der Waals surface area contributed by atoms with Crippen molar-refractivity contribution >= 4 is 28.8 Å². The second-order valence-electron chi connectivity index (χ2n) is 7.06. The van der Waals surface area contributed by atoms with Crippen molar-refractivity contribution in [3.05, 3.63) is 52.5 Å². The maximum absolute atomic E-state index is 13.2. The smallest absolute Gasteiger partial charge is 0.253 e. The molecule has 0 atom stereocenters. The molecule has 1 spiro atoms. The molecule has 4 rings (SSSR count). The standard InChI is InChI=1S/C20H21FN2O3S/c21-15-3-5-16(6-4-15)23-14-20(26-13-19(23)25)7-9-22(10-8-20)18(24)12-17-2-1-11-27-17/h1-6,11H,7-10,12-14H2. The number of halogens is 1. The van der Waals surface area contributed by atoms with Gasteiger partial charge >= 0.3 is 0 Å². The van der Waals surface area contributed by atoms with E-state index in [4.69, 9.17) is 4.74 Å². The Morgan fingerprint density at radius 1 is 1.19 bits per heavy atom. The first-order valence-corrected chi connectivity index (χ1v) is 9.93. The molecule has 0 N–H and O–H groups in total. The van der Waals surface area contributed by atoms with Crippen molar-refractivity contribution in [3.63, 3.8) is 0 Å². The Balaban J connectivity index is 1.40. The zero-order valence-corrected chi connectivity index (χ0v) is 15.7. The first kappa shape index (κ1) is 18.1. The quantitative estimate of drug-likeness (QED) is 0.813. The number of benzene rings is 1. The Morgan fingerprint density at radius 3 is 2.59 bits per heavy atom. The highest BCUT2D eigenvalue weighted by atomic mass is 32.1. The van der Waals surface area contributed by atoms with Gasteiger partial charge in [0.15, 0.2) is 0 Å². The highest BCUT2D eigenvalue weighted by molar-refractivity contribution is 7.10. The van der Waals surface area contributed by atoms with E-state index in [-0.39, 0.29) is 24.2 Å². The van der Waals surface area contributed by atoms with Gasteiger partial charge in [-0.25, -0.2) is 4.39 Å². The first-order valence-electron chi connectivity index (χ1n) is 9.05. The number of rotatable bonds is 3. The van der Waals surface area contributed by atoms with Gasteiger partial charge in [0.05, 0.1) is 18.6 Å². The molecule has 2 aromatic rings. The zero-order valence-electron chi connectivity index (χ0n) is 14.9. The van der Waals surface area contributed by atoms with Crippen LogP contribution < -0.4 is 4.90 Å². The number of nitrogens with zero attached hydrogens (tertiary/aromatic N) is 2. The number of amides is 2. The molecule has 0 bridgehead atoms. The lowest BCUT2D eigenvalue weighted by atomic mass is 9.89. The molecule has 1 aromatic carbocycles. The Bertz CT molecular complexity index is 814. The van der Waals surface area contributed by atoms with Gasteiger partial charge in [0.25, 0.3) is 5.91 Å². The number of carbonyl (C=O) groups is 2. The van der Waals surface area contributed by atoms with Crippen molar-refractivity contribution < 1.29 is 18.7 Å². The molecule has 1 aromatic heterocycles. The average molecular weight is 388 g/mol. The van der Waals surface area contributed by atoms with Gasteiger partial charge in [-0.3, -0.25) is 9.59 Å². The maximum atomic E-state index is 13.2. The van der Waals surface area contributed by atoms with Gasteiger partial charge in [-0.15, -0.1) is 11.3 Å². The van der Waals surface area contributed by atoms with E-state index in [0.29, 0.717) is 44.6 Å². The van der Waals surface area contributed by atoms with Crippen LogP contribution in [0.3, 0.4) is 0 Å². The Labute approximate surface area is 161 Å². The summed E-state index contributed by atoms with van der Waals surface area (Å²) in [5, 5.41) is 1.98. The van der Waals surface area contributed by atoms with E-state index >= 15 is 0 Å². The number of anilines is 1. The van der Waals surface area contributed by atoms with E-state index in [1.807, 2.05) is 22.4 Å². The van der Waals surface area contributed by atoms with Gasteiger partial charge in [-0.05, 0) is 48.6 Å². The number of hydrogen-bond donors (Lipinski definition) is 0. The SMILES string of the molecule is O=C(Cc1cccs1)N1CCC2(CC1)CN(c1ccc(F)cc1)C(=O)CO2. The van der Waals surface area contributed by atoms with Crippen LogP contribution in [0.4, 0.5) is 10.1 Å². The van der Waals surface area contributed by atoms with Crippen LogP contribution in [-0.2, 0) is 20.7 Å². The Kier molecular flexibility index (Phi) is 4.97. The number of carbonyl (C=O) groups excluding carboxylic acids is 2. The minimum atomic E-state index is -0.442. The molecule has 0 radical (unpaired) electrons. The summed E-state index contributed by atoms with van der Waals surface area (Å²) in [5.41, 5.74) is 0.238. The minimum Gasteiger partial charge on any atom is -0.363 e. The van der Waals surface area contributed by atoms with Crippen LogP contribution in [0.2, 0.25) is 0 Å².